The number of amides is 2. The van der Waals surface area contributed by atoms with Gasteiger partial charge in [0.2, 0.25) is 5.91 Å². The van der Waals surface area contributed by atoms with Gasteiger partial charge in [-0.15, -0.1) is 0 Å². The lowest BCUT2D eigenvalue weighted by atomic mass is 9.96. The predicted molar refractivity (Wildman–Crippen MR) is 78.6 cm³/mol. The first kappa shape index (κ1) is 14.7. The van der Waals surface area contributed by atoms with Crippen LogP contribution in [0.3, 0.4) is 0 Å². The van der Waals surface area contributed by atoms with Crippen molar-refractivity contribution in [2.45, 2.75) is 12.8 Å². The molecule has 0 bridgehead atoms. The summed E-state index contributed by atoms with van der Waals surface area (Å²) in [6.07, 6.45) is 1.62. The summed E-state index contributed by atoms with van der Waals surface area (Å²) >= 11 is 5.83. The highest BCUT2D eigenvalue weighted by Crippen LogP contribution is 2.23. The zero-order valence-corrected chi connectivity index (χ0v) is 12.1. The molecule has 0 aromatic heterocycles. The van der Waals surface area contributed by atoms with E-state index in [9.17, 15) is 9.59 Å². The van der Waals surface area contributed by atoms with Crippen LogP contribution in [0.5, 0.6) is 0 Å². The number of hydrogen-bond acceptors (Lipinski definition) is 3. The van der Waals surface area contributed by atoms with Crippen molar-refractivity contribution < 1.29 is 9.59 Å². The lowest BCUT2D eigenvalue weighted by Gasteiger charge is -2.32. The quantitative estimate of drug-likeness (QED) is 0.812. The van der Waals surface area contributed by atoms with E-state index >= 15 is 0 Å². The van der Waals surface area contributed by atoms with Crippen molar-refractivity contribution in [3.8, 4) is 0 Å². The summed E-state index contributed by atoms with van der Waals surface area (Å²) in [6.45, 7) is 1.08. The van der Waals surface area contributed by atoms with Gasteiger partial charge in [0.1, 0.15) is 0 Å². The molecule has 1 heterocycles. The highest BCUT2D eigenvalue weighted by molar-refractivity contribution is 6.31. The van der Waals surface area contributed by atoms with E-state index in [0.29, 0.717) is 29.4 Å². The van der Waals surface area contributed by atoms with Gasteiger partial charge in [-0.3, -0.25) is 9.59 Å². The molecule has 1 aliphatic heterocycles. The van der Waals surface area contributed by atoms with Crippen molar-refractivity contribution in [3.63, 3.8) is 0 Å². The molecule has 6 heteroatoms. The van der Waals surface area contributed by atoms with Crippen molar-refractivity contribution >= 4 is 29.1 Å². The monoisotopic (exact) mass is 295 g/mol. The maximum atomic E-state index is 12.5. The van der Waals surface area contributed by atoms with Gasteiger partial charge >= 0.3 is 0 Å². The zero-order chi connectivity index (χ0) is 14.7. The minimum Gasteiger partial charge on any atom is -0.398 e. The van der Waals surface area contributed by atoms with Gasteiger partial charge in [0.05, 0.1) is 11.5 Å². The molecule has 0 aliphatic carbocycles. The van der Waals surface area contributed by atoms with Crippen molar-refractivity contribution in [1.82, 2.24) is 10.2 Å². The summed E-state index contributed by atoms with van der Waals surface area (Å²) in [5.74, 6) is -0.314. The number of rotatable bonds is 2. The van der Waals surface area contributed by atoms with Crippen molar-refractivity contribution in [1.29, 1.82) is 0 Å². The molecule has 2 amide bonds. The zero-order valence-electron chi connectivity index (χ0n) is 11.4. The molecule has 108 valence electrons. The van der Waals surface area contributed by atoms with Crippen LogP contribution in [-0.2, 0) is 4.79 Å². The second kappa shape index (κ2) is 6.13. The summed E-state index contributed by atoms with van der Waals surface area (Å²) in [7, 11) is 1.61. The van der Waals surface area contributed by atoms with Crippen LogP contribution < -0.4 is 11.1 Å². The third-order valence-electron chi connectivity index (χ3n) is 3.57. The third kappa shape index (κ3) is 3.04. The van der Waals surface area contributed by atoms with Gasteiger partial charge in [-0.1, -0.05) is 11.6 Å². The molecule has 1 aromatic rings. The fourth-order valence-electron chi connectivity index (χ4n) is 2.48. The summed E-state index contributed by atoms with van der Waals surface area (Å²) in [5.41, 5.74) is 6.64. The average Bonchev–Trinajstić information content (AvgIpc) is 2.46. The van der Waals surface area contributed by atoms with Crippen LogP contribution in [0, 0.1) is 5.92 Å². The van der Waals surface area contributed by atoms with Gasteiger partial charge < -0.3 is 16.0 Å². The third-order valence-corrected chi connectivity index (χ3v) is 3.80. The van der Waals surface area contributed by atoms with Crippen LogP contribution in [0.1, 0.15) is 23.2 Å². The van der Waals surface area contributed by atoms with Gasteiger partial charge in [-0.25, -0.2) is 0 Å². The fraction of sp³-hybridized carbons (Fsp3) is 0.429. The Morgan fingerprint density at radius 1 is 1.45 bits per heavy atom. The van der Waals surface area contributed by atoms with E-state index in [1.165, 1.54) is 0 Å². The number of nitrogens with one attached hydrogen (secondary N) is 1. The van der Waals surface area contributed by atoms with E-state index in [4.69, 9.17) is 17.3 Å². The van der Waals surface area contributed by atoms with Gasteiger partial charge in [0.25, 0.3) is 5.91 Å². The number of nitrogens with zero attached hydrogens (tertiary/aromatic N) is 1. The Morgan fingerprint density at radius 3 is 2.85 bits per heavy atom. The molecule has 0 saturated carbocycles. The van der Waals surface area contributed by atoms with E-state index in [2.05, 4.69) is 5.32 Å². The van der Waals surface area contributed by atoms with E-state index in [-0.39, 0.29) is 17.7 Å². The number of piperidine rings is 1. The minimum atomic E-state index is -0.147. The van der Waals surface area contributed by atoms with Crippen molar-refractivity contribution in [2.75, 3.05) is 25.9 Å². The van der Waals surface area contributed by atoms with Crippen LogP contribution >= 0.6 is 11.6 Å². The van der Waals surface area contributed by atoms with Crippen LogP contribution in [0.15, 0.2) is 18.2 Å². The first-order chi connectivity index (χ1) is 9.52. The summed E-state index contributed by atoms with van der Waals surface area (Å²) in [5, 5.41) is 3.13. The molecular weight excluding hydrogens is 278 g/mol. The highest BCUT2D eigenvalue weighted by atomic mass is 35.5. The normalized spacial score (nSPS) is 18.7. The predicted octanol–water partition coefficient (Wildman–Crippen LogP) is 1.52. The summed E-state index contributed by atoms with van der Waals surface area (Å²) in [4.78, 5) is 25.8. The molecule has 1 unspecified atom stereocenters. The number of hydrogen-bond donors (Lipinski definition) is 2. The second-order valence-corrected chi connectivity index (χ2v) is 5.37. The van der Waals surface area contributed by atoms with Crippen molar-refractivity contribution in [3.05, 3.63) is 28.8 Å². The molecule has 1 saturated heterocycles. The number of nitrogen functional groups attached to an aromatic ring is 1. The SMILES string of the molecule is CNC(=O)C1CCCN(C(=O)c2ccc(Cl)cc2N)C1. The first-order valence-corrected chi connectivity index (χ1v) is 6.96. The number of carbonyl (C=O) groups is 2. The second-order valence-electron chi connectivity index (χ2n) is 4.94. The molecule has 20 heavy (non-hydrogen) atoms. The van der Waals surface area contributed by atoms with Crippen LogP contribution in [0.25, 0.3) is 0 Å². The standard InChI is InChI=1S/C14H18ClN3O2/c1-17-13(19)9-3-2-6-18(8-9)14(20)11-5-4-10(15)7-12(11)16/h4-5,7,9H,2-3,6,8,16H2,1H3,(H,17,19). The number of nitrogens with two attached hydrogens (primary N) is 1. The highest BCUT2D eigenvalue weighted by Gasteiger charge is 2.28. The molecule has 0 spiro atoms. The largest absolute Gasteiger partial charge is 0.398 e. The van der Waals surface area contributed by atoms with E-state index in [0.717, 1.165) is 12.8 Å². The Bertz CT molecular complexity index is 533. The Morgan fingerprint density at radius 2 is 2.20 bits per heavy atom. The fourth-order valence-corrected chi connectivity index (χ4v) is 2.66. The maximum absolute atomic E-state index is 12.5. The Kier molecular flexibility index (Phi) is 4.49. The van der Waals surface area contributed by atoms with Crippen LogP contribution in [0.2, 0.25) is 5.02 Å². The molecular formula is C14H18ClN3O2. The smallest absolute Gasteiger partial charge is 0.255 e. The lowest BCUT2D eigenvalue weighted by molar-refractivity contribution is -0.125. The molecule has 1 aromatic carbocycles. The molecule has 1 fully saturated rings. The average molecular weight is 296 g/mol. The van der Waals surface area contributed by atoms with Crippen LogP contribution in [0.4, 0.5) is 5.69 Å². The molecule has 3 N–H and O–H groups in total. The topological polar surface area (TPSA) is 75.4 Å². The lowest BCUT2D eigenvalue weighted by Crippen LogP contribution is -2.44. The van der Waals surface area contributed by atoms with Gasteiger partial charge in [0, 0.05) is 30.8 Å². The molecule has 2 rings (SSSR count). The number of benzene rings is 1. The van der Waals surface area contributed by atoms with Gasteiger partial charge in [-0.2, -0.15) is 0 Å². The van der Waals surface area contributed by atoms with E-state index < -0.39 is 0 Å². The minimum absolute atomic E-state index is 0.0217. The van der Waals surface area contributed by atoms with Gasteiger partial charge in [-0.05, 0) is 31.0 Å². The number of carbonyl (C=O) groups excluding carboxylic acids is 2. The maximum Gasteiger partial charge on any atom is 0.255 e. The Hall–Kier alpha value is -1.75. The molecule has 1 aliphatic rings. The molecule has 1 atom stereocenters. The summed E-state index contributed by atoms with van der Waals surface area (Å²) < 4.78 is 0. The summed E-state index contributed by atoms with van der Waals surface area (Å²) in [6, 6.07) is 4.84. The number of anilines is 1. The Balaban J connectivity index is 2.14. The molecule has 5 nitrogen and oxygen atoms in total. The van der Waals surface area contributed by atoms with Crippen LogP contribution in [-0.4, -0.2) is 36.9 Å². The first-order valence-electron chi connectivity index (χ1n) is 6.59. The Labute approximate surface area is 123 Å². The van der Waals surface area contributed by atoms with E-state index in [1.54, 1.807) is 30.1 Å². The number of halogens is 1. The van der Waals surface area contributed by atoms with Crippen molar-refractivity contribution in [2.24, 2.45) is 5.92 Å². The molecule has 0 radical (unpaired) electrons. The van der Waals surface area contributed by atoms with Gasteiger partial charge in [0.15, 0.2) is 0 Å². The van der Waals surface area contributed by atoms with E-state index in [1.807, 2.05) is 0 Å². The number of likely N-dealkylation sites (tertiary alicyclic amines) is 1.